The fourth-order valence-corrected chi connectivity index (χ4v) is 2.48. The van der Waals surface area contributed by atoms with E-state index in [9.17, 15) is 9.59 Å². The zero-order valence-corrected chi connectivity index (χ0v) is 11.1. The number of carboxylic acid groups (broad SMARTS) is 1. The van der Waals surface area contributed by atoms with Gasteiger partial charge in [0.1, 0.15) is 5.03 Å². The number of aromatic nitrogens is 4. The van der Waals surface area contributed by atoms with Crippen molar-refractivity contribution in [3.05, 3.63) is 34.4 Å². The molecule has 0 aliphatic heterocycles. The molecule has 2 aromatic rings. The average Bonchev–Trinajstić information content (AvgIpc) is 2.70. The molecule has 0 fully saturated rings. The Kier molecular flexibility index (Phi) is 3.70. The molecule has 0 amide bonds. The molecule has 0 unspecified atom stereocenters. The van der Waals surface area contributed by atoms with Crippen LogP contribution in [0.2, 0.25) is 0 Å². The van der Waals surface area contributed by atoms with E-state index in [4.69, 9.17) is 5.11 Å². The largest absolute Gasteiger partial charge is 0.478 e. The molecule has 0 aromatic carbocycles. The van der Waals surface area contributed by atoms with Crippen molar-refractivity contribution in [2.24, 2.45) is 0 Å². The maximum absolute atomic E-state index is 11.6. The highest BCUT2D eigenvalue weighted by Gasteiger charge is 2.14. The molecule has 0 aliphatic rings. The van der Waals surface area contributed by atoms with Gasteiger partial charge in [0.2, 0.25) is 0 Å². The van der Waals surface area contributed by atoms with E-state index >= 15 is 0 Å². The monoisotopic (exact) mass is 280 g/mol. The van der Waals surface area contributed by atoms with Gasteiger partial charge in [-0.15, -0.1) is 5.10 Å². The SMILES string of the molecule is CC(C)n1c(Sc2cc(C(=O)O)ccn2)n[nH]c1=O. The summed E-state index contributed by atoms with van der Waals surface area (Å²) in [4.78, 5) is 26.5. The zero-order chi connectivity index (χ0) is 14.0. The lowest BCUT2D eigenvalue weighted by atomic mass is 10.3. The van der Waals surface area contributed by atoms with Crippen LogP contribution in [0.5, 0.6) is 0 Å². The molecule has 2 heterocycles. The molecule has 0 saturated heterocycles. The fraction of sp³-hybridized carbons (Fsp3) is 0.273. The van der Waals surface area contributed by atoms with Crippen molar-refractivity contribution in [3.8, 4) is 0 Å². The molecule has 0 bridgehead atoms. The molecule has 7 nitrogen and oxygen atoms in total. The van der Waals surface area contributed by atoms with Gasteiger partial charge in [-0.2, -0.15) is 0 Å². The van der Waals surface area contributed by atoms with Crippen LogP contribution >= 0.6 is 11.8 Å². The van der Waals surface area contributed by atoms with Crippen LogP contribution in [-0.2, 0) is 0 Å². The second-order valence-corrected chi connectivity index (χ2v) is 5.05. The molecule has 19 heavy (non-hydrogen) atoms. The maximum Gasteiger partial charge on any atom is 0.344 e. The summed E-state index contributed by atoms with van der Waals surface area (Å²) in [5.41, 5.74) is -0.154. The van der Waals surface area contributed by atoms with Crippen LogP contribution in [-0.4, -0.2) is 30.8 Å². The summed E-state index contributed by atoms with van der Waals surface area (Å²) in [7, 11) is 0. The highest BCUT2D eigenvalue weighted by atomic mass is 32.2. The van der Waals surface area contributed by atoms with Gasteiger partial charge in [0.25, 0.3) is 0 Å². The highest BCUT2D eigenvalue weighted by Crippen LogP contribution is 2.25. The number of H-pyrrole nitrogens is 1. The van der Waals surface area contributed by atoms with Gasteiger partial charge >= 0.3 is 11.7 Å². The third-order valence-corrected chi connectivity index (χ3v) is 3.27. The van der Waals surface area contributed by atoms with Crippen LogP contribution in [0, 0.1) is 0 Å². The molecule has 100 valence electrons. The van der Waals surface area contributed by atoms with Crippen molar-refractivity contribution in [2.45, 2.75) is 30.1 Å². The number of rotatable bonds is 4. The molecular weight excluding hydrogens is 268 g/mol. The summed E-state index contributed by atoms with van der Waals surface area (Å²) in [6.45, 7) is 3.73. The standard InChI is InChI=1S/C11H12N4O3S/c1-6(2)15-10(18)13-14-11(15)19-8-5-7(9(16)17)3-4-12-8/h3-6H,1-2H3,(H,13,18)(H,16,17). The lowest BCUT2D eigenvalue weighted by Gasteiger charge is -2.08. The van der Waals surface area contributed by atoms with Crippen LogP contribution in [0.25, 0.3) is 0 Å². The second kappa shape index (κ2) is 5.27. The number of hydrogen-bond acceptors (Lipinski definition) is 5. The zero-order valence-electron chi connectivity index (χ0n) is 10.3. The van der Waals surface area contributed by atoms with Crippen LogP contribution in [0.4, 0.5) is 0 Å². The smallest absolute Gasteiger partial charge is 0.344 e. The Bertz CT molecular complexity index is 662. The maximum atomic E-state index is 11.6. The number of hydrogen-bond donors (Lipinski definition) is 2. The third kappa shape index (κ3) is 2.84. The van der Waals surface area contributed by atoms with Gasteiger partial charge in [0.15, 0.2) is 5.16 Å². The van der Waals surface area contributed by atoms with Gasteiger partial charge in [-0.1, -0.05) is 0 Å². The summed E-state index contributed by atoms with van der Waals surface area (Å²) in [6, 6.07) is 2.81. The van der Waals surface area contributed by atoms with Crippen LogP contribution in [0.3, 0.4) is 0 Å². The van der Waals surface area contributed by atoms with Gasteiger partial charge in [-0.3, -0.25) is 4.57 Å². The van der Waals surface area contributed by atoms with E-state index in [1.807, 2.05) is 13.8 Å². The van der Waals surface area contributed by atoms with Crippen molar-refractivity contribution >= 4 is 17.7 Å². The van der Waals surface area contributed by atoms with E-state index in [1.54, 1.807) is 0 Å². The number of nitrogens with one attached hydrogen (secondary N) is 1. The minimum absolute atomic E-state index is 0.0450. The molecule has 0 spiro atoms. The lowest BCUT2D eigenvalue weighted by Crippen LogP contribution is -2.19. The first-order valence-electron chi connectivity index (χ1n) is 5.53. The topological polar surface area (TPSA) is 101 Å². The minimum atomic E-state index is -1.02. The normalized spacial score (nSPS) is 10.9. The Morgan fingerprint density at radius 3 is 2.89 bits per heavy atom. The van der Waals surface area contributed by atoms with Gasteiger partial charge in [-0.05, 0) is 37.7 Å². The Hall–Kier alpha value is -2.09. The molecule has 8 heteroatoms. The summed E-state index contributed by atoms with van der Waals surface area (Å²) >= 11 is 1.14. The van der Waals surface area contributed by atoms with E-state index in [0.29, 0.717) is 10.2 Å². The molecule has 2 aromatic heterocycles. The van der Waals surface area contributed by atoms with E-state index in [2.05, 4.69) is 15.2 Å². The van der Waals surface area contributed by atoms with Crippen molar-refractivity contribution in [1.82, 2.24) is 19.7 Å². The highest BCUT2D eigenvalue weighted by molar-refractivity contribution is 7.99. The van der Waals surface area contributed by atoms with Crippen LogP contribution < -0.4 is 5.69 Å². The summed E-state index contributed by atoms with van der Waals surface area (Å²) < 4.78 is 1.49. The predicted octanol–water partition coefficient (Wildman–Crippen LogP) is 1.40. The Morgan fingerprint density at radius 1 is 1.53 bits per heavy atom. The Balaban J connectivity index is 2.34. The molecule has 2 N–H and O–H groups in total. The van der Waals surface area contributed by atoms with Gasteiger partial charge in [-0.25, -0.2) is 19.7 Å². The van der Waals surface area contributed by atoms with Crippen molar-refractivity contribution < 1.29 is 9.90 Å². The predicted molar refractivity (Wildman–Crippen MR) is 68.6 cm³/mol. The molecule has 0 saturated carbocycles. The first-order chi connectivity index (χ1) is 8.99. The number of carboxylic acids is 1. The first-order valence-corrected chi connectivity index (χ1v) is 6.35. The van der Waals surface area contributed by atoms with Gasteiger partial charge in [0, 0.05) is 12.2 Å². The second-order valence-electron chi connectivity index (χ2n) is 4.07. The number of aromatic carboxylic acids is 1. The summed E-state index contributed by atoms with van der Waals surface area (Å²) in [6.07, 6.45) is 1.41. The van der Waals surface area contributed by atoms with Crippen molar-refractivity contribution in [3.63, 3.8) is 0 Å². The Morgan fingerprint density at radius 2 is 2.26 bits per heavy atom. The molecule has 0 radical (unpaired) electrons. The van der Waals surface area contributed by atoms with E-state index in [1.165, 1.54) is 22.9 Å². The number of pyridine rings is 1. The number of nitrogens with zero attached hydrogens (tertiary/aromatic N) is 3. The van der Waals surface area contributed by atoms with E-state index < -0.39 is 5.97 Å². The minimum Gasteiger partial charge on any atom is -0.478 e. The molecular formula is C11H12N4O3S. The van der Waals surface area contributed by atoms with Crippen LogP contribution in [0.15, 0.2) is 33.3 Å². The lowest BCUT2D eigenvalue weighted by molar-refractivity contribution is 0.0696. The quantitative estimate of drug-likeness (QED) is 0.877. The van der Waals surface area contributed by atoms with E-state index in [0.717, 1.165) is 11.8 Å². The Labute approximate surface area is 112 Å². The molecule has 2 rings (SSSR count). The first kappa shape index (κ1) is 13.3. The summed E-state index contributed by atoms with van der Waals surface area (Å²) in [5.74, 6) is -1.02. The van der Waals surface area contributed by atoms with E-state index in [-0.39, 0.29) is 17.3 Å². The van der Waals surface area contributed by atoms with Crippen molar-refractivity contribution in [2.75, 3.05) is 0 Å². The van der Waals surface area contributed by atoms with Crippen molar-refractivity contribution in [1.29, 1.82) is 0 Å². The molecule has 0 aliphatic carbocycles. The van der Waals surface area contributed by atoms with Gasteiger partial charge < -0.3 is 5.11 Å². The molecule has 0 atom stereocenters. The number of carbonyl (C=O) groups is 1. The fourth-order valence-electron chi connectivity index (χ4n) is 1.51. The summed E-state index contributed by atoms with van der Waals surface area (Å²) in [5, 5.41) is 16.1. The average molecular weight is 280 g/mol. The third-order valence-electron chi connectivity index (χ3n) is 2.37. The van der Waals surface area contributed by atoms with Crippen LogP contribution in [0.1, 0.15) is 30.2 Å². The van der Waals surface area contributed by atoms with Gasteiger partial charge in [0.05, 0.1) is 5.56 Å². The number of aromatic amines is 1.